The molecule has 0 atom stereocenters. The molecule has 0 unspecified atom stereocenters. The Kier molecular flexibility index (Phi) is 3.86. The van der Waals surface area contributed by atoms with Crippen LogP contribution >= 0.6 is 11.3 Å². The van der Waals surface area contributed by atoms with Crippen molar-refractivity contribution in [1.82, 2.24) is 4.98 Å². The first-order valence-corrected chi connectivity index (χ1v) is 6.20. The third kappa shape index (κ3) is 3.35. The molecular formula is C12H9FN2O3S. The van der Waals surface area contributed by atoms with Gasteiger partial charge in [-0.25, -0.2) is 14.2 Å². The molecule has 7 heteroatoms. The zero-order valence-electron chi connectivity index (χ0n) is 9.59. The van der Waals surface area contributed by atoms with Gasteiger partial charge in [0.1, 0.15) is 5.82 Å². The minimum atomic E-state index is -1.30. The normalized spacial score (nSPS) is 10.2. The number of rotatable bonds is 4. The quantitative estimate of drug-likeness (QED) is 0.899. The van der Waals surface area contributed by atoms with E-state index in [2.05, 4.69) is 10.3 Å². The van der Waals surface area contributed by atoms with E-state index in [1.165, 1.54) is 17.4 Å². The third-order valence-corrected chi connectivity index (χ3v) is 2.95. The lowest BCUT2D eigenvalue weighted by atomic mass is 10.1. The number of carbonyl (C=O) groups excluding carboxylic acids is 1. The highest BCUT2D eigenvalue weighted by molar-refractivity contribution is 7.07. The van der Waals surface area contributed by atoms with Crippen LogP contribution < -0.4 is 5.32 Å². The van der Waals surface area contributed by atoms with E-state index in [-0.39, 0.29) is 17.7 Å². The SMILES string of the molecule is O=C(Cc1cscn1)Nc1ccc(F)cc1C(=O)O. The van der Waals surface area contributed by atoms with Gasteiger partial charge in [-0.2, -0.15) is 0 Å². The lowest BCUT2D eigenvalue weighted by Crippen LogP contribution is -2.17. The zero-order valence-corrected chi connectivity index (χ0v) is 10.4. The number of hydrogen-bond donors (Lipinski definition) is 2. The molecule has 0 aliphatic heterocycles. The van der Waals surface area contributed by atoms with Crippen molar-refractivity contribution < 1.29 is 19.1 Å². The van der Waals surface area contributed by atoms with Gasteiger partial charge in [0, 0.05) is 5.38 Å². The summed E-state index contributed by atoms with van der Waals surface area (Å²) in [5.74, 6) is -2.38. The molecule has 0 aliphatic carbocycles. The topological polar surface area (TPSA) is 79.3 Å². The van der Waals surface area contributed by atoms with E-state index in [1.54, 1.807) is 10.9 Å². The summed E-state index contributed by atoms with van der Waals surface area (Å²) in [5, 5.41) is 13.1. The molecule has 98 valence electrons. The number of amides is 1. The zero-order chi connectivity index (χ0) is 13.8. The van der Waals surface area contributed by atoms with Crippen LogP contribution in [0.4, 0.5) is 10.1 Å². The van der Waals surface area contributed by atoms with Crippen LogP contribution in [0.1, 0.15) is 16.1 Å². The van der Waals surface area contributed by atoms with Gasteiger partial charge >= 0.3 is 5.97 Å². The Bertz CT molecular complexity index is 613. The molecule has 0 saturated carbocycles. The maximum atomic E-state index is 13.0. The van der Waals surface area contributed by atoms with Crippen LogP contribution in [-0.2, 0) is 11.2 Å². The molecule has 0 fully saturated rings. The second-order valence-corrected chi connectivity index (χ2v) is 4.42. The van der Waals surface area contributed by atoms with Gasteiger partial charge in [-0.1, -0.05) is 0 Å². The molecule has 2 N–H and O–H groups in total. The molecule has 0 aliphatic rings. The molecule has 1 aromatic heterocycles. The van der Waals surface area contributed by atoms with Crippen molar-refractivity contribution in [3.63, 3.8) is 0 Å². The van der Waals surface area contributed by atoms with Gasteiger partial charge in [0.05, 0.1) is 28.9 Å². The standard InChI is InChI=1S/C12H9FN2O3S/c13-7-1-2-10(9(3-7)12(17)18)15-11(16)4-8-5-19-6-14-8/h1-3,5-6H,4H2,(H,15,16)(H,17,18). The molecule has 0 spiro atoms. The molecule has 1 aromatic carbocycles. The number of benzene rings is 1. The van der Waals surface area contributed by atoms with Crippen LogP contribution in [0, 0.1) is 5.82 Å². The predicted molar refractivity (Wildman–Crippen MR) is 67.8 cm³/mol. The highest BCUT2D eigenvalue weighted by Gasteiger charge is 2.14. The second kappa shape index (κ2) is 5.57. The molecule has 0 bridgehead atoms. The lowest BCUT2D eigenvalue weighted by molar-refractivity contribution is -0.115. The Morgan fingerprint density at radius 2 is 2.21 bits per heavy atom. The number of carboxylic acids is 1. The van der Waals surface area contributed by atoms with Crippen molar-refractivity contribution in [2.45, 2.75) is 6.42 Å². The molecule has 2 aromatic rings. The van der Waals surface area contributed by atoms with Crippen LogP contribution in [0.5, 0.6) is 0 Å². The summed E-state index contributed by atoms with van der Waals surface area (Å²) in [6, 6.07) is 3.17. The molecule has 5 nitrogen and oxygen atoms in total. The van der Waals surface area contributed by atoms with Gasteiger partial charge < -0.3 is 10.4 Å². The van der Waals surface area contributed by atoms with E-state index in [1.807, 2.05) is 0 Å². The fourth-order valence-corrected chi connectivity index (χ4v) is 2.04. The molecule has 19 heavy (non-hydrogen) atoms. The summed E-state index contributed by atoms with van der Waals surface area (Å²) in [4.78, 5) is 26.6. The number of aromatic carboxylic acids is 1. The van der Waals surface area contributed by atoms with E-state index in [0.29, 0.717) is 5.69 Å². The van der Waals surface area contributed by atoms with Crippen molar-refractivity contribution in [1.29, 1.82) is 0 Å². The van der Waals surface area contributed by atoms with Crippen molar-refractivity contribution in [3.8, 4) is 0 Å². The van der Waals surface area contributed by atoms with Gasteiger partial charge in [-0.05, 0) is 18.2 Å². The van der Waals surface area contributed by atoms with Gasteiger partial charge in [0.15, 0.2) is 0 Å². The lowest BCUT2D eigenvalue weighted by Gasteiger charge is -2.07. The first kappa shape index (κ1) is 13.2. The Hall–Kier alpha value is -2.28. The van der Waals surface area contributed by atoms with Gasteiger partial charge in [-0.15, -0.1) is 11.3 Å². The molecule has 1 heterocycles. The largest absolute Gasteiger partial charge is 0.478 e. The fraction of sp³-hybridized carbons (Fsp3) is 0.0833. The minimum absolute atomic E-state index is 0.0416. The summed E-state index contributed by atoms with van der Waals surface area (Å²) in [7, 11) is 0. The highest BCUT2D eigenvalue weighted by Crippen LogP contribution is 2.17. The molecule has 1 amide bonds. The molecular weight excluding hydrogens is 271 g/mol. The summed E-state index contributed by atoms with van der Waals surface area (Å²) in [6.45, 7) is 0. The molecule has 0 saturated heterocycles. The number of carboxylic acid groups (broad SMARTS) is 1. The third-order valence-electron chi connectivity index (χ3n) is 2.31. The Balaban J connectivity index is 2.14. The number of anilines is 1. The van der Waals surface area contributed by atoms with Gasteiger partial charge in [0.2, 0.25) is 5.91 Å². The maximum absolute atomic E-state index is 13.0. The summed E-state index contributed by atoms with van der Waals surface area (Å²) >= 11 is 1.36. The number of hydrogen-bond acceptors (Lipinski definition) is 4. The Morgan fingerprint density at radius 3 is 2.84 bits per heavy atom. The number of nitrogens with one attached hydrogen (secondary N) is 1. The Labute approximate surface area is 111 Å². The highest BCUT2D eigenvalue weighted by atomic mass is 32.1. The van der Waals surface area contributed by atoms with Crippen LogP contribution in [0.25, 0.3) is 0 Å². The second-order valence-electron chi connectivity index (χ2n) is 3.70. The number of aromatic nitrogens is 1. The number of thiazole rings is 1. The van der Waals surface area contributed by atoms with Gasteiger partial charge in [-0.3, -0.25) is 4.79 Å². The smallest absolute Gasteiger partial charge is 0.337 e. The number of carbonyl (C=O) groups is 2. The summed E-state index contributed by atoms with van der Waals surface area (Å²) < 4.78 is 13.0. The van der Waals surface area contributed by atoms with Crippen molar-refractivity contribution in [2.24, 2.45) is 0 Å². The van der Waals surface area contributed by atoms with Crippen molar-refractivity contribution >= 4 is 28.9 Å². The maximum Gasteiger partial charge on any atom is 0.337 e. The first-order valence-electron chi connectivity index (χ1n) is 5.26. The van der Waals surface area contributed by atoms with Crippen LogP contribution in [0.2, 0.25) is 0 Å². The fourth-order valence-electron chi connectivity index (χ4n) is 1.49. The van der Waals surface area contributed by atoms with E-state index < -0.39 is 17.7 Å². The summed E-state index contributed by atoms with van der Waals surface area (Å²) in [6.07, 6.45) is 0.0416. The number of halogens is 1. The minimum Gasteiger partial charge on any atom is -0.478 e. The van der Waals surface area contributed by atoms with E-state index >= 15 is 0 Å². The number of nitrogens with zero attached hydrogens (tertiary/aromatic N) is 1. The van der Waals surface area contributed by atoms with Crippen LogP contribution in [0.15, 0.2) is 29.1 Å². The van der Waals surface area contributed by atoms with Gasteiger partial charge in [0.25, 0.3) is 0 Å². The van der Waals surface area contributed by atoms with Crippen molar-refractivity contribution in [3.05, 3.63) is 46.2 Å². The van der Waals surface area contributed by atoms with E-state index in [9.17, 15) is 14.0 Å². The van der Waals surface area contributed by atoms with E-state index in [4.69, 9.17) is 5.11 Å². The monoisotopic (exact) mass is 280 g/mol. The average molecular weight is 280 g/mol. The predicted octanol–water partition coefficient (Wildman–Crippen LogP) is 2.16. The van der Waals surface area contributed by atoms with Crippen LogP contribution in [0.3, 0.4) is 0 Å². The summed E-state index contributed by atoms with van der Waals surface area (Å²) in [5.41, 5.74) is 1.98. The molecule has 0 radical (unpaired) electrons. The van der Waals surface area contributed by atoms with E-state index in [0.717, 1.165) is 12.1 Å². The molecule has 2 rings (SSSR count). The van der Waals surface area contributed by atoms with Crippen LogP contribution in [-0.4, -0.2) is 22.0 Å². The first-order chi connectivity index (χ1) is 9.06. The van der Waals surface area contributed by atoms with Crippen molar-refractivity contribution in [2.75, 3.05) is 5.32 Å². The Morgan fingerprint density at radius 1 is 1.42 bits per heavy atom. The average Bonchev–Trinajstić information content (AvgIpc) is 2.83.